The summed E-state index contributed by atoms with van der Waals surface area (Å²) >= 11 is 1.45. The lowest BCUT2D eigenvalue weighted by atomic mass is 10.1. The molecule has 1 amide bonds. The highest BCUT2D eigenvalue weighted by molar-refractivity contribution is 7.99. The standard InChI is InChI=1S/C22H28N6OS/c1-16-7-8-18(14-17(16)2)27-13-11-24-22(27)30-15-21(29)23-10-9-20-26-25-19-6-4-3-5-12-28(19)20/h7-8,11,13-14H,3-6,9-10,12,15H2,1-2H3,(H,23,29). The van der Waals surface area contributed by atoms with Gasteiger partial charge in [-0.2, -0.15) is 0 Å². The second-order valence-corrected chi connectivity index (χ2v) is 8.67. The van der Waals surface area contributed by atoms with Crippen LogP contribution in [0.15, 0.2) is 35.7 Å². The zero-order valence-corrected chi connectivity index (χ0v) is 18.4. The predicted molar refractivity (Wildman–Crippen MR) is 118 cm³/mol. The van der Waals surface area contributed by atoms with Crippen LogP contribution in [-0.4, -0.2) is 42.5 Å². The van der Waals surface area contributed by atoms with E-state index in [1.165, 1.54) is 42.2 Å². The summed E-state index contributed by atoms with van der Waals surface area (Å²) in [5, 5.41) is 12.5. The van der Waals surface area contributed by atoms with E-state index in [0.29, 0.717) is 18.7 Å². The molecule has 1 aliphatic rings. The zero-order valence-electron chi connectivity index (χ0n) is 17.6. The summed E-state index contributed by atoms with van der Waals surface area (Å²) in [6, 6.07) is 6.33. The Balaban J connectivity index is 1.28. The average Bonchev–Trinajstić information content (AvgIpc) is 3.29. The first kappa shape index (κ1) is 20.7. The molecule has 0 fully saturated rings. The highest BCUT2D eigenvalue weighted by Crippen LogP contribution is 2.22. The lowest BCUT2D eigenvalue weighted by Crippen LogP contribution is -2.28. The average molecular weight is 425 g/mol. The molecule has 1 N–H and O–H groups in total. The van der Waals surface area contributed by atoms with Crippen LogP contribution in [0, 0.1) is 13.8 Å². The summed E-state index contributed by atoms with van der Waals surface area (Å²) < 4.78 is 4.25. The fourth-order valence-electron chi connectivity index (χ4n) is 3.69. The molecule has 1 aromatic carbocycles. The molecule has 2 aromatic heterocycles. The summed E-state index contributed by atoms with van der Waals surface area (Å²) in [5.41, 5.74) is 3.56. The monoisotopic (exact) mass is 424 g/mol. The van der Waals surface area contributed by atoms with Crippen molar-refractivity contribution in [2.24, 2.45) is 0 Å². The first-order chi connectivity index (χ1) is 14.6. The predicted octanol–water partition coefficient (Wildman–Crippen LogP) is 3.26. The van der Waals surface area contributed by atoms with Crippen LogP contribution < -0.4 is 5.32 Å². The Morgan fingerprint density at radius 2 is 2.07 bits per heavy atom. The van der Waals surface area contributed by atoms with Crippen molar-refractivity contribution in [1.29, 1.82) is 0 Å². The van der Waals surface area contributed by atoms with Gasteiger partial charge in [0.25, 0.3) is 0 Å². The van der Waals surface area contributed by atoms with Gasteiger partial charge in [-0.1, -0.05) is 24.2 Å². The van der Waals surface area contributed by atoms with Crippen molar-refractivity contribution in [1.82, 2.24) is 29.6 Å². The third-order valence-corrected chi connectivity index (χ3v) is 6.53. The van der Waals surface area contributed by atoms with Gasteiger partial charge in [-0.25, -0.2) is 4.98 Å². The first-order valence-electron chi connectivity index (χ1n) is 10.5. The Hall–Kier alpha value is -2.61. The van der Waals surface area contributed by atoms with Crippen LogP contribution in [0.5, 0.6) is 0 Å². The molecule has 0 saturated carbocycles. The number of aromatic nitrogens is 5. The number of nitrogens with one attached hydrogen (secondary N) is 1. The molecule has 0 saturated heterocycles. The molecule has 0 spiro atoms. The topological polar surface area (TPSA) is 77.6 Å². The maximum Gasteiger partial charge on any atom is 0.230 e. The van der Waals surface area contributed by atoms with Crippen molar-refractivity contribution < 1.29 is 4.79 Å². The van der Waals surface area contributed by atoms with Gasteiger partial charge in [-0.3, -0.25) is 9.36 Å². The Morgan fingerprint density at radius 1 is 1.17 bits per heavy atom. The molecule has 0 unspecified atom stereocenters. The number of rotatable bonds is 7. The molecule has 4 rings (SSSR count). The van der Waals surface area contributed by atoms with E-state index in [-0.39, 0.29) is 5.91 Å². The smallest absolute Gasteiger partial charge is 0.230 e. The molecule has 0 bridgehead atoms. The summed E-state index contributed by atoms with van der Waals surface area (Å²) in [6.45, 7) is 5.76. The molecule has 0 radical (unpaired) electrons. The minimum absolute atomic E-state index is 0.00485. The van der Waals surface area contributed by atoms with Gasteiger partial charge in [0.05, 0.1) is 5.75 Å². The number of hydrogen-bond acceptors (Lipinski definition) is 5. The van der Waals surface area contributed by atoms with Crippen molar-refractivity contribution in [2.75, 3.05) is 12.3 Å². The van der Waals surface area contributed by atoms with Crippen molar-refractivity contribution in [2.45, 2.75) is 57.7 Å². The van der Waals surface area contributed by atoms with Gasteiger partial charge in [-0.05, 0) is 49.9 Å². The number of benzene rings is 1. The Bertz CT molecular complexity index is 1020. The van der Waals surface area contributed by atoms with Crippen LogP contribution in [0.1, 0.15) is 42.0 Å². The lowest BCUT2D eigenvalue weighted by Gasteiger charge is -2.10. The van der Waals surface area contributed by atoms with E-state index in [1.54, 1.807) is 6.20 Å². The second kappa shape index (κ2) is 9.47. The van der Waals surface area contributed by atoms with Gasteiger partial charge in [0.15, 0.2) is 5.16 Å². The van der Waals surface area contributed by atoms with Crippen molar-refractivity contribution in [3.05, 3.63) is 53.4 Å². The van der Waals surface area contributed by atoms with Gasteiger partial charge in [0, 0.05) is 44.0 Å². The van der Waals surface area contributed by atoms with Crippen molar-refractivity contribution in [3.63, 3.8) is 0 Å². The van der Waals surface area contributed by atoms with E-state index in [4.69, 9.17) is 0 Å². The van der Waals surface area contributed by atoms with Crippen LogP contribution >= 0.6 is 11.8 Å². The maximum absolute atomic E-state index is 12.3. The van der Waals surface area contributed by atoms with E-state index in [9.17, 15) is 4.79 Å². The van der Waals surface area contributed by atoms with E-state index < -0.39 is 0 Å². The number of amides is 1. The third-order valence-electron chi connectivity index (χ3n) is 5.56. The SMILES string of the molecule is Cc1ccc(-n2ccnc2SCC(=O)NCCc2nnc3n2CCCCC3)cc1C. The van der Waals surface area contributed by atoms with Crippen molar-refractivity contribution in [3.8, 4) is 5.69 Å². The molecule has 3 heterocycles. The normalized spacial score (nSPS) is 13.7. The fraction of sp³-hybridized carbons (Fsp3) is 0.455. The fourth-order valence-corrected chi connectivity index (χ4v) is 4.50. The highest BCUT2D eigenvalue weighted by atomic mass is 32.2. The number of aryl methyl sites for hydroxylation is 3. The first-order valence-corrected chi connectivity index (χ1v) is 11.5. The number of carbonyl (C=O) groups excluding carboxylic acids is 1. The van der Waals surface area contributed by atoms with E-state index >= 15 is 0 Å². The molecular weight excluding hydrogens is 396 g/mol. The zero-order chi connectivity index (χ0) is 20.9. The molecule has 1 aliphatic heterocycles. The summed E-state index contributed by atoms with van der Waals surface area (Å²) in [4.78, 5) is 16.8. The van der Waals surface area contributed by atoms with Crippen LogP contribution in [0.25, 0.3) is 5.69 Å². The quantitative estimate of drug-likeness (QED) is 0.589. The molecule has 3 aromatic rings. The van der Waals surface area contributed by atoms with Crippen molar-refractivity contribution >= 4 is 17.7 Å². The number of imidazole rings is 1. The van der Waals surface area contributed by atoms with E-state index in [1.807, 2.05) is 10.8 Å². The molecule has 0 aliphatic carbocycles. The van der Waals surface area contributed by atoms with Crippen LogP contribution in [0.3, 0.4) is 0 Å². The Labute approximate surface area is 181 Å². The van der Waals surface area contributed by atoms with Gasteiger partial charge in [0.2, 0.25) is 5.91 Å². The van der Waals surface area contributed by atoms with E-state index in [0.717, 1.165) is 35.5 Å². The van der Waals surface area contributed by atoms with Gasteiger partial charge >= 0.3 is 0 Å². The Morgan fingerprint density at radius 3 is 2.93 bits per heavy atom. The largest absolute Gasteiger partial charge is 0.355 e. The van der Waals surface area contributed by atoms with Crippen LogP contribution in [0.4, 0.5) is 0 Å². The summed E-state index contributed by atoms with van der Waals surface area (Å²) in [7, 11) is 0. The number of thioether (sulfide) groups is 1. The maximum atomic E-state index is 12.3. The second-order valence-electron chi connectivity index (χ2n) is 7.73. The van der Waals surface area contributed by atoms with Crippen LogP contribution in [0.2, 0.25) is 0 Å². The third kappa shape index (κ3) is 4.75. The molecule has 7 nitrogen and oxygen atoms in total. The number of nitrogens with zero attached hydrogens (tertiary/aromatic N) is 5. The summed E-state index contributed by atoms with van der Waals surface area (Å²) in [6.07, 6.45) is 9.02. The molecule has 30 heavy (non-hydrogen) atoms. The van der Waals surface area contributed by atoms with Crippen LogP contribution in [-0.2, 0) is 24.2 Å². The summed E-state index contributed by atoms with van der Waals surface area (Å²) in [5.74, 6) is 2.40. The molecule has 158 valence electrons. The Kier molecular flexibility index (Phi) is 6.52. The van der Waals surface area contributed by atoms with Gasteiger partial charge in [-0.15, -0.1) is 10.2 Å². The number of carbonyl (C=O) groups is 1. The minimum atomic E-state index is 0.00485. The highest BCUT2D eigenvalue weighted by Gasteiger charge is 2.15. The molecule has 0 atom stereocenters. The van der Waals surface area contributed by atoms with Gasteiger partial charge < -0.3 is 9.88 Å². The molecular formula is C22H28N6OS. The van der Waals surface area contributed by atoms with Gasteiger partial charge in [0.1, 0.15) is 11.6 Å². The number of fused-ring (bicyclic) bond motifs is 1. The van der Waals surface area contributed by atoms with E-state index in [2.05, 4.69) is 57.1 Å². The number of hydrogen-bond donors (Lipinski definition) is 1. The molecule has 8 heteroatoms. The minimum Gasteiger partial charge on any atom is -0.355 e. The lowest BCUT2D eigenvalue weighted by molar-refractivity contribution is -0.118.